The van der Waals surface area contributed by atoms with E-state index in [2.05, 4.69) is 11.9 Å². The Balaban J connectivity index is 1.42. The van der Waals surface area contributed by atoms with Crippen molar-refractivity contribution >= 4 is 0 Å². The second-order valence-electron chi connectivity index (χ2n) is 8.15. The second-order valence-corrected chi connectivity index (χ2v) is 8.15. The van der Waals surface area contributed by atoms with Crippen molar-refractivity contribution in [3.63, 3.8) is 0 Å². The van der Waals surface area contributed by atoms with Gasteiger partial charge in [-0.1, -0.05) is 19.3 Å². The summed E-state index contributed by atoms with van der Waals surface area (Å²) in [5.41, 5.74) is 0.651. The number of nitrogens with zero attached hydrogens (tertiary/aromatic N) is 1. The molecule has 5 saturated carbocycles. The van der Waals surface area contributed by atoms with E-state index in [4.69, 9.17) is 0 Å². The lowest BCUT2D eigenvalue weighted by molar-refractivity contribution is -0.0808. The molecule has 4 bridgehead atoms. The minimum absolute atomic E-state index is 0.651. The monoisotopic (exact) mass is 247 g/mol. The second kappa shape index (κ2) is 4.23. The zero-order valence-electron chi connectivity index (χ0n) is 12.0. The van der Waals surface area contributed by atoms with E-state index >= 15 is 0 Å². The fraction of sp³-hybridized carbons (Fsp3) is 1.00. The molecule has 5 rings (SSSR count). The lowest BCUT2D eigenvalue weighted by atomic mass is 9.52. The van der Waals surface area contributed by atoms with E-state index in [0.717, 1.165) is 23.7 Å². The van der Waals surface area contributed by atoms with Gasteiger partial charge in [0.15, 0.2) is 0 Å². The quantitative estimate of drug-likeness (QED) is 0.723. The molecule has 0 spiro atoms. The van der Waals surface area contributed by atoms with Crippen LogP contribution in [0.4, 0.5) is 0 Å². The molecule has 0 amide bonds. The SMILES string of the molecule is CN(CCC1CCC1)C12CC3CC(CC(C3)C1)C2. The first-order valence-corrected chi connectivity index (χ1v) is 8.45. The van der Waals surface area contributed by atoms with Crippen molar-refractivity contribution in [3.8, 4) is 0 Å². The van der Waals surface area contributed by atoms with Gasteiger partial charge < -0.3 is 4.90 Å². The van der Waals surface area contributed by atoms with Crippen LogP contribution in [0, 0.1) is 23.7 Å². The maximum atomic E-state index is 2.82. The van der Waals surface area contributed by atoms with E-state index in [1.54, 1.807) is 38.5 Å². The van der Waals surface area contributed by atoms with E-state index in [0.29, 0.717) is 5.54 Å². The van der Waals surface area contributed by atoms with Crippen LogP contribution in [0.1, 0.15) is 64.2 Å². The van der Waals surface area contributed by atoms with Crippen LogP contribution < -0.4 is 0 Å². The fourth-order valence-electron chi connectivity index (χ4n) is 5.93. The molecule has 18 heavy (non-hydrogen) atoms. The summed E-state index contributed by atoms with van der Waals surface area (Å²) in [5, 5.41) is 0. The van der Waals surface area contributed by atoms with Crippen molar-refractivity contribution in [3.05, 3.63) is 0 Å². The summed E-state index contributed by atoms with van der Waals surface area (Å²) >= 11 is 0. The highest BCUT2D eigenvalue weighted by Gasteiger charge is 2.52. The molecule has 5 aliphatic rings. The van der Waals surface area contributed by atoms with Crippen molar-refractivity contribution in [1.82, 2.24) is 4.90 Å². The van der Waals surface area contributed by atoms with E-state index in [1.165, 1.54) is 32.2 Å². The third-order valence-corrected chi connectivity index (χ3v) is 6.91. The summed E-state index contributed by atoms with van der Waals surface area (Å²) < 4.78 is 0. The lowest BCUT2D eigenvalue weighted by Gasteiger charge is -2.60. The van der Waals surface area contributed by atoms with Gasteiger partial charge in [0.1, 0.15) is 0 Å². The Hall–Kier alpha value is -0.0400. The van der Waals surface area contributed by atoms with E-state index in [1.807, 2.05) is 0 Å². The van der Waals surface area contributed by atoms with Gasteiger partial charge in [-0.2, -0.15) is 0 Å². The number of hydrogen-bond donors (Lipinski definition) is 0. The van der Waals surface area contributed by atoms with Gasteiger partial charge >= 0.3 is 0 Å². The summed E-state index contributed by atoms with van der Waals surface area (Å²) in [6.45, 7) is 1.39. The molecule has 0 aromatic heterocycles. The van der Waals surface area contributed by atoms with Crippen LogP contribution >= 0.6 is 0 Å². The van der Waals surface area contributed by atoms with Crippen LogP contribution in [0.2, 0.25) is 0 Å². The molecule has 0 aromatic rings. The Labute approximate surface area is 112 Å². The highest BCUT2D eigenvalue weighted by molar-refractivity contribution is 5.06. The topological polar surface area (TPSA) is 3.24 Å². The molecule has 5 fully saturated rings. The van der Waals surface area contributed by atoms with E-state index in [-0.39, 0.29) is 0 Å². The smallest absolute Gasteiger partial charge is 0.0214 e. The first kappa shape index (κ1) is 11.8. The van der Waals surface area contributed by atoms with Gasteiger partial charge in [0, 0.05) is 5.54 Å². The van der Waals surface area contributed by atoms with Crippen LogP contribution in [-0.4, -0.2) is 24.0 Å². The largest absolute Gasteiger partial charge is 0.301 e. The predicted octanol–water partition coefficient (Wildman–Crippen LogP) is 4.08. The van der Waals surface area contributed by atoms with Crippen molar-refractivity contribution in [1.29, 1.82) is 0 Å². The zero-order valence-corrected chi connectivity index (χ0v) is 12.0. The summed E-state index contributed by atoms with van der Waals surface area (Å²) in [6, 6.07) is 0. The third-order valence-electron chi connectivity index (χ3n) is 6.91. The summed E-state index contributed by atoms with van der Waals surface area (Å²) in [4.78, 5) is 2.82. The molecule has 0 saturated heterocycles. The van der Waals surface area contributed by atoms with Crippen LogP contribution in [0.3, 0.4) is 0 Å². The molecule has 0 N–H and O–H groups in total. The Morgan fingerprint density at radius 2 is 1.50 bits per heavy atom. The lowest BCUT2D eigenvalue weighted by Crippen LogP contribution is -2.59. The Bertz CT molecular complexity index is 282. The van der Waals surface area contributed by atoms with Crippen LogP contribution in [0.15, 0.2) is 0 Å². The van der Waals surface area contributed by atoms with Crippen molar-refractivity contribution in [2.45, 2.75) is 69.7 Å². The summed E-state index contributed by atoms with van der Waals surface area (Å²) in [7, 11) is 2.45. The van der Waals surface area contributed by atoms with Gasteiger partial charge in [0.2, 0.25) is 0 Å². The molecule has 0 atom stereocenters. The maximum absolute atomic E-state index is 2.82. The number of hydrogen-bond acceptors (Lipinski definition) is 1. The van der Waals surface area contributed by atoms with Gasteiger partial charge in [-0.25, -0.2) is 0 Å². The minimum Gasteiger partial charge on any atom is -0.301 e. The van der Waals surface area contributed by atoms with E-state index in [9.17, 15) is 0 Å². The predicted molar refractivity (Wildman–Crippen MR) is 75.5 cm³/mol. The maximum Gasteiger partial charge on any atom is 0.0214 e. The van der Waals surface area contributed by atoms with Crippen LogP contribution in [0.25, 0.3) is 0 Å². The molecule has 1 nitrogen and oxygen atoms in total. The molecule has 1 heteroatoms. The van der Waals surface area contributed by atoms with Gasteiger partial charge in [-0.05, 0) is 82.2 Å². The highest BCUT2D eigenvalue weighted by Crippen LogP contribution is 2.57. The van der Waals surface area contributed by atoms with Crippen molar-refractivity contribution in [2.24, 2.45) is 23.7 Å². The molecule has 0 aromatic carbocycles. The van der Waals surface area contributed by atoms with Crippen molar-refractivity contribution < 1.29 is 0 Å². The van der Waals surface area contributed by atoms with Gasteiger partial charge in [-0.15, -0.1) is 0 Å². The molecule has 0 unspecified atom stereocenters. The van der Waals surface area contributed by atoms with Gasteiger partial charge in [0.25, 0.3) is 0 Å². The Kier molecular flexibility index (Phi) is 2.76. The minimum atomic E-state index is 0.651. The third kappa shape index (κ3) is 1.85. The van der Waals surface area contributed by atoms with Crippen LogP contribution in [-0.2, 0) is 0 Å². The standard InChI is InChI=1S/C17H29N/c1-18(6-5-13-3-2-4-13)17-10-14-7-15(11-17)9-16(8-14)12-17/h13-16H,2-12H2,1H3. The Morgan fingerprint density at radius 1 is 0.944 bits per heavy atom. The molecule has 0 aliphatic heterocycles. The fourth-order valence-corrected chi connectivity index (χ4v) is 5.93. The average molecular weight is 247 g/mol. The number of rotatable bonds is 4. The van der Waals surface area contributed by atoms with Gasteiger partial charge in [0.05, 0.1) is 0 Å². The normalized spacial score (nSPS) is 46.7. The van der Waals surface area contributed by atoms with Gasteiger partial charge in [-0.3, -0.25) is 0 Å². The zero-order chi connectivity index (χ0) is 12.2. The summed E-state index contributed by atoms with van der Waals surface area (Å²) in [5.74, 6) is 4.38. The highest BCUT2D eigenvalue weighted by atomic mass is 15.2. The van der Waals surface area contributed by atoms with E-state index < -0.39 is 0 Å². The van der Waals surface area contributed by atoms with Crippen molar-refractivity contribution in [2.75, 3.05) is 13.6 Å². The Morgan fingerprint density at radius 3 is 1.94 bits per heavy atom. The van der Waals surface area contributed by atoms with Crippen LogP contribution in [0.5, 0.6) is 0 Å². The average Bonchev–Trinajstić information content (AvgIpc) is 2.24. The molecule has 0 radical (unpaired) electrons. The first-order valence-electron chi connectivity index (χ1n) is 8.45. The molecule has 0 heterocycles. The molecular formula is C17H29N. The molecular weight excluding hydrogens is 218 g/mol. The first-order chi connectivity index (χ1) is 8.73. The molecule has 5 aliphatic carbocycles. The molecule has 102 valence electrons. The summed E-state index contributed by atoms with van der Waals surface area (Å²) in [6.07, 6.45) is 15.4.